The van der Waals surface area contributed by atoms with E-state index in [2.05, 4.69) is 37.2 Å². The zero-order valence-corrected chi connectivity index (χ0v) is 6.94. The highest BCUT2D eigenvalue weighted by Gasteiger charge is 2.15. The fourth-order valence-corrected chi connectivity index (χ4v) is 1.69. The largest absolute Gasteiger partial charge is 0.215 e. The number of rotatable bonds is 0. The van der Waals surface area contributed by atoms with Gasteiger partial charge < -0.3 is 0 Å². The maximum Gasteiger partial charge on any atom is 0.209 e. The molecule has 0 saturated heterocycles. The first-order valence-corrected chi connectivity index (χ1v) is 3.96. The van der Waals surface area contributed by atoms with Crippen LogP contribution in [0.3, 0.4) is 0 Å². The summed E-state index contributed by atoms with van der Waals surface area (Å²) in [5, 5.41) is 0. The molecule has 1 aliphatic heterocycles. The van der Waals surface area contributed by atoms with Gasteiger partial charge in [-0.15, -0.1) is 0 Å². The van der Waals surface area contributed by atoms with Crippen molar-refractivity contribution in [2.24, 2.45) is 0 Å². The summed E-state index contributed by atoms with van der Waals surface area (Å²) in [6, 6.07) is 4.46. The minimum atomic E-state index is 1.07. The van der Waals surface area contributed by atoms with E-state index in [4.69, 9.17) is 0 Å². The first-order chi connectivity index (χ1) is 5.27. The van der Waals surface area contributed by atoms with Crippen molar-refractivity contribution < 1.29 is 4.99 Å². The van der Waals surface area contributed by atoms with Gasteiger partial charge in [0.1, 0.15) is 6.21 Å². The molecule has 0 bridgehead atoms. The molecule has 0 aromatic heterocycles. The molecule has 2 rings (SSSR count). The summed E-state index contributed by atoms with van der Waals surface area (Å²) in [7, 11) is 0. The van der Waals surface area contributed by atoms with Gasteiger partial charge in [-0.05, 0) is 26.0 Å². The first-order valence-electron chi connectivity index (χ1n) is 3.96. The van der Waals surface area contributed by atoms with Gasteiger partial charge in [0, 0.05) is 11.1 Å². The second-order valence-electron chi connectivity index (χ2n) is 3.17. The minimum Gasteiger partial charge on any atom is -0.215 e. The lowest BCUT2D eigenvalue weighted by atomic mass is 10.0. The lowest BCUT2D eigenvalue weighted by Crippen LogP contribution is -2.59. The summed E-state index contributed by atoms with van der Waals surface area (Å²) in [4.78, 5) is 3.27. The van der Waals surface area contributed by atoms with Gasteiger partial charge in [0.2, 0.25) is 5.69 Å². The van der Waals surface area contributed by atoms with Crippen LogP contribution < -0.4 is 4.99 Å². The SMILES string of the molecule is Cc1cc(C)c2c(c1)CC=[NH+]2. The van der Waals surface area contributed by atoms with E-state index in [0.717, 1.165) is 6.42 Å². The van der Waals surface area contributed by atoms with Crippen molar-refractivity contribution in [3.8, 4) is 0 Å². The Morgan fingerprint density at radius 3 is 2.91 bits per heavy atom. The molecule has 0 radical (unpaired) electrons. The van der Waals surface area contributed by atoms with Crippen LogP contribution in [-0.4, -0.2) is 6.21 Å². The van der Waals surface area contributed by atoms with Crippen LogP contribution in [-0.2, 0) is 6.42 Å². The fourth-order valence-electron chi connectivity index (χ4n) is 1.69. The fraction of sp³-hybridized carbons (Fsp3) is 0.300. The number of hydrogen-bond donors (Lipinski definition) is 1. The van der Waals surface area contributed by atoms with E-state index in [1.54, 1.807) is 0 Å². The highest BCUT2D eigenvalue weighted by atomic mass is 14.8. The van der Waals surface area contributed by atoms with E-state index >= 15 is 0 Å². The molecular weight excluding hydrogens is 134 g/mol. The molecule has 1 heterocycles. The molecule has 0 aliphatic carbocycles. The molecule has 1 aliphatic rings. The smallest absolute Gasteiger partial charge is 0.209 e. The van der Waals surface area contributed by atoms with E-state index in [-0.39, 0.29) is 0 Å². The topological polar surface area (TPSA) is 14.0 Å². The zero-order valence-electron chi connectivity index (χ0n) is 6.94. The number of hydrogen-bond acceptors (Lipinski definition) is 0. The molecule has 0 spiro atoms. The van der Waals surface area contributed by atoms with Crippen LogP contribution >= 0.6 is 0 Å². The maximum atomic E-state index is 3.27. The molecule has 1 nitrogen and oxygen atoms in total. The van der Waals surface area contributed by atoms with Crippen molar-refractivity contribution in [3.05, 3.63) is 28.8 Å². The second kappa shape index (κ2) is 2.19. The third kappa shape index (κ3) is 0.967. The molecule has 0 amide bonds. The van der Waals surface area contributed by atoms with Crippen molar-refractivity contribution in [2.75, 3.05) is 0 Å². The quantitative estimate of drug-likeness (QED) is 0.552. The summed E-state index contributed by atoms with van der Waals surface area (Å²) in [6.07, 6.45) is 3.18. The van der Waals surface area contributed by atoms with Crippen molar-refractivity contribution in [1.82, 2.24) is 0 Å². The summed E-state index contributed by atoms with van der Waals surface area (Å²) >= 11 is 0. The average molecular weight is 146 g/mol. The third-order valence-corrected chi connectivity index (χ3v) is 2.13. The van der Waals surface area contributed by atoms with Crippen LogP contribution in [0.1, 0.15) is 16.7 Å². The van der Waals surface area contributed by atoms with Gasteiger partial charge in [0.25, 0.3) is 0 Å². The normalized spacial score (nSPS) is 13.6. The predicted octanol–water partition coefficient (Wildman–Crippen LogP) is 0.642. The number of benzene rings is 1. The lowest BCUT2D eigenvalue weighted by molar-refractivity contribution is -0.344. The Kier molecular flexibility index (Phi) is 1.31. The Hall–Kier alpha value is -1.11. The number of aryl methyl sites for hydroxylation is 2. The van der Waals surface area contributed by atoms with E-state index in [1.807, 2.05) is 0 Å². The molecule has 56 valence electrons. The van der Waals surface area contributed by atoms with Crippen LogP contribution in [0.2, 0.25) is 0 Å². The molecule has 1 N–H and O–H groups in total. The summed E-state index contributed by atoms with van der Waals surface area (Å²) < 4.78 is 0. The van der Waals surface area contributed by atoms with E-state index in [9.17, 15) is 0 Å². The third-order valence-electron chi connectivity index (χ3n) is 2.13. The molecular formula is C10H12N+. The molecule has 0 atom stereocenters. The van der Waals surface area contributed by atoms with Crippen LogP contribution in [0.25, 0.3) is 0 Å². The zero-order chi connectivity index (χ0) is 7.84. The molecule has 11 heavy (non-hydrogen) atoms. The van der Waals surface area contributed by atoms with Gasteiger partial charge in [0.15, 0.2) is 0 Å². The van der Waals surface area contributed by atoms with Gasteiger partial charge in [-0.2, -0.15) is 0 Å². The Bertz CT molecular complexity index is 324. The standard InChI is InChI=1S/C10H11N/c1-7-5-8(2)10-9(6-7)3-4-11-10/h4-6H,3H2,1-2H3/p+1. The van der Waals surface area contributed by atoms with Crippen molar-refractivity contribution >= 4 is 11.9 Å². The van der Waals surface area contributed by atoms with Gasteiger partial charge in [-0.3, -0.25) is 0 Å². The summed E-state index contributed by atoms with van der Waals surface area (Å²) in [5.41, 5.74) is 5.46. The van der Waals surface area contributed by atoms with Gasteiger partial charge in [-0.1, -0.05) is 5.56 Å². The van der Waals surface area contributed by atoms with E-state index in [0.29, 0.717) is 0 Å². The Morgan fingerprint density at radius 1 is 1.27 bits per heavy atom. The Balaban J connectivity index is 2.67. The van der Waals surface area contributed by atoms with Gasteiger partial charge in [-0.25, -0.2) is 4.99 Å². The van der Waals surface area contributed by atoms with Crippen LogP contribution in [0, 0.1) is 13.8 Å². The molecule has 1 aromatic carbocycles. The molecule has 0 unspecified atom stereocenters. The van der Waals surface area contributed by atoms with Crippen LogP contribution in [0.5, 0.6) is 0 Å². The first kappa shape index (κ1) is 6.59. The molecule has 0 fully saturated rings. The van der Waals surface area contributed by atoms with Crippen molar-refractivity contribution in [2.45, 2.75) is 20.3 Å². The van der Waals surface area contributed by atoms with Crippen LogP contribution in [0.15, 0.2) is 12.1 Å². The summed E-state index contributed by atoms with van der Waals surface area (Å²) in [6.45, 7) is 4.30. The summed E-state index contributed by atoms with van der Waals surface area (Å²) in [5.74, 6) is 0. The van der Waals surface area contributed by atoms with Crippen molar-refractivity contribution in [1.29, 1.82) is 0 Å². The van der Waals surface area contributed by atoms with E-state index in [1.165, 1.54) is 22.4 Å². The Labute approximate surface area is 66.8 Å². The highest BCUT2D eigenvalue weighted by molar-refractivity contribution is 5.67. The lowest BCUT2D eigenvalue weighted by Gasteiger charge is -1.98. The molecule has 1 heteroatoms. The predicted molar refractivity (Wildman–Crippen MR) is 46.3 cm³/mol. The number of fused-ring (bicyclic) bond motifs is 1. The Morgan fingerprint density at radius 2 is 2.09 bits per heavy atom. The van der Waals surface area contributed by atoms with Gasteiger partial charge >= 0.3 is 0 Å². The monoisotopic (exact) mass is 146 g/mol. The molecule has 0 saturated carbocycles. The molecule has 1 aromatic rings. The highest BCUT2D eigenvalue weighted by Crippen LogP contribution is 2.19. The minimum absolute atomic E-state index is 1.07. The van der Waals surface area contributed by atoms with E-state index < -0.39 is 0 Å². The number of nitrogens with one attached hydrogen (secondary N) is 1. The average Bonchev–Trinajstić information content (AvgIpc) is 2.34. The van der Waals surface area contributed by atoms with Crippen molar-refractivity contribution in [3.63, 3.8) is 0 Å². The van der Waals surface area contributed by atoms with Crippen LogP contribution in [0.4, 0.5) is 5.69 Å². The second-order valence-corrected chi connectivity index (χ2v) is 3.17. The van der Waals surface area contributed by atoms with Gasteiger partial charge in [0.05, 0.1) is 6.42 Å². The maximum absolute atomic E-state index is 3.27.